The second kappa shape index (κ2) is 11.3. The fraction of sp³-hybridized carbons (Fsp3) is 0.0625. The first kappa shape index (κ1) is 30.2. The standard InChI is InChI=1S/C48H32N4S/c1-48(2)37-22-11-9-18-33(37)42-38(48)25-26-40-43(42)34-19-10-12-23-39(34)52(40)31-24-27-41-36(28-31)32-20-13-21-35(44(32)53-41)47-50-45(29-14-5-3-6-15-29)49-46(51-47)30-16-7-4-8-17-30/h3-28H,1-2H3. The van der Waals surface area contributed by atoms with Gasteiger partial charge in [-0.05, 0) is 58.7 Å². The molecule has 0 N–H and O–H groups in total. The van der Waals surface area contributed by atoms with Crippen molar-refractivity contribution in [2.24, 2.45) is 0 Å². The van der Waals surface area contributed by atoms with Crippen LogP contribution < -0.4 is 0 Å². The summed E-state index contributed by atoms with van der Waals surface area (Å²) in [6, 6.07) is 56.3. The quantitative estimate of drug-likeness (QED) is 0.184. The Morgan fingerprint density at radius 1 is 0.491 bits per heavy atom. The molecule has 250 valence electrons. The van der Waals surface area contributed by atoms with E-state index in [2.05, 4.69) is 140 Å². The van der Waals surface area contributed by atoms with Crippen LogP contribution in [0.25, 0.3) is 93.0 Å². The van der Waals surface area contributed by atoms with Crippen LogP contribution in [0.2, 0.25) is 0 Å². The van der Waals surface area contributed by atoms with E-state index in [-0.39, 0.29) is 5.41 Å². The van der Waals surface area contributed by atoms with E-state index >= 15 is 0 Å². The van der Waals surface area contributed by atoms with Crippen molar-refractivity contribution in [1.82, 2.24) is 19.5 Å². The highest BCUT2D eigenvalue weighted by atomic mass is 32.1. The van der Waals surface area contributed by atoms with E-state index < -0.39 is 0 Å². The van der Waals surface area contributed by atoms with Crippen molar-refractivity contribution >= 4 is 53.3 Å². The summed E-state index contributed by atoms with van der Waals surface area (Å²) in [5, 5.41) is 5.03. The largest absolute Gasteiger partial charge is 0.309 e. The van der Waals surface area contributed by atoms with E-state index in [9.17, 15) is 0 Å². The molecule has 0 aliphatic heterocycles. The first-order valence-electron chi connectivity index (χ1n) is 18.0. The lowest BCUT2D eigenvalue weighted by atomic mass is 9.82. The summed E-state index contributed by atoms with van der Waals surface area (Å²) in [5.41, 5.74) is 12.0. The molecule has 7 aromatic carbocycles. The summed E-state index contributed by atoms with van der Waals surface area (Å²) >= 11 is 1.80. The molecule has 0 spiro atoms. The fourth-order valence-corrected chi connectivity index (χ4v) is 9.75. The maximum atomic E-state index is 5.08. The summed E-state index contributed by atoms with van der Waals surface area (Å²) in [7, 11) is 0. The summed E-state index contributed by atoms with van der Waals surface area (Å²) in [4.78, 5) is 15.1. The Kier molecular flexibility index (Phi) is 6.43. The van der Waals surface area contributed by atoms with Gasteiger partial charge in [0.05, 0.1) is 11.0 Å². The van der Waals surface area contributed by atoms with Gasteiger partial charge in [0, 0.05) is 58.7 Å². The SMILES string of the molecule is CC1(C)c2ccccc2-c2c1ccc1c2c2ccccc2n1-c1ccc2sc3c(-c4nc(-c5ccccc5)nc(-c5ccccc5)n4)cccc3c2c1. The topological polar surface area (TPSA) is 43.6 Å². The second-order valence-electron chi connectivity index (χ2n) is 14.4. The minimum Gasteiger partial charge on any atom is -0.309 e. The van der Waals surface area contributed by atoms with Crippen LogP contribution in [0.5, 0.6) is 0 Å². The van der Waals surface area contributed by atoms with Gasteiger partial charge >= 0.3 is 0 Å². The number of benzene rings is 7. The minimum atomic E-state index is -0.0578. The molecule has 0 atom stereocenters. The molecular weight excluding hydrogens is 665 g/mol. The molecule has 1 aliphatic rings. The highest BCUT2D eigenvalue weighted by Gasteiger charge is 2.37. The molecular formula is C48H32N4S. The maximum absolute atomic E-state index is 5.08. The fourth-order valence-electron chi connectivity index (χ4n) is 8.56. The Morgan fingerprint density at radius 2 is 1.13 bits per heavy atom. The molecule has 53 heavy (non-hydrogen) atoms. The molecule has 3 aromatic heterocycles. The molecule has 0 bridgehead atoms. The van der Waals surface area contributed by atoms with Gasteiger partial charge in [0.2, 0.25) is 0 Å². The van der Waals surface area contributed by atoms with Crippen molar-refractivity contribution in [3.05, 3.63) is 169 Å². The molecule has 0 amide bonds. The van der Waals surface area contributed by atoms with Crippen LogP contribution >= 0.6 is 11.3 Å². The van der Waals surface area contributed by atoms with Crippen LogP contribution in [0.1, 0.15) is 25.0 Å². The van der Waals surface area contributed by atoms with E-state index in [1.807, 2.05) is 36.4 Å². The predicted octanol–water partition coefficient (Wildman–Crippen LogP) is 12.6. The second-order valence-corrected chi connectivity index (χ2v) is 15.5. The number of thiophene rings is 1. The van der Waals surface area contributed by atoms with Gasteiger partial charge < -0.3 is 4.57 Å². The number of hydrogen-bond acceptors (Lipinski definition) is 4. The third kappa shape index (κ3) is 4.44. The number of aromatic nitrogens is 4. The van der Waals surface area contributed by atoms with Gasteiger partial charge in [0.25, 0.3) is 0 Å². The lowest BCUT2D eigenvalue weighted by Gasteiger charge is -2.21. The number of fused-ring (bicyclic) bond motifs is 10. The van der Waals surface area contributed by atoms with Crippen molar-refractivity contribution in [2.75, 3.05) is 0 Å². The van der Waals surface area contributed by atoms with Gasteiger partial charge in [0.1, 0.15) is 0 Å². The maximum Gasteiger partial charge on any atom is 0.165 e. The average Bonchev–Trinajstić information content (AvgIpc) is 3.83. The third-order valence-corrected chi connectivity index (χ3v) is 12.3. The molecule has 11 rings (SSSR count). The first-order valence-corrected chi connectivity index (χ1v) is 18.9. The number of para-hydroxylation sites is 1. The highest BCUT2D eigenvalue weighted by molar-refractivity contribution is 7.26. The van der Waals surface area contributed by atoms with E-state index in [1.54, 1.807) is 11.3 Å². The minimum absolute atomic E-state index is 0.0578. The Labute approximate surface area is 310 Å². The lowest BCUT2D eigenvalue weighted by molar-refractivity contribution is 0.661. The Bertz CT molecular complexity index is 3020. The van der Waals surface area contributed by atoms with Gasteiger partial charge in [-0.3, -0.25) is 0 Å². The molecule has 4 nitrogen and oxygen atoms in total. The zero-order valence-electron chi connectivity index (χ0n) is 29.2. The number of nitrogens with zero attached hydrogens (tertiary/aromatic N) is 4. The van der Waals surface area contributed by atoms with Crippen molar-refractivity contribution in [1.29, 1.82) is 0 Å². The van der Waals surface area contributed by atoms with E-state index in [0.717, 1.165) is 22.4 Å². The molecule has 3 heterocycles. The van der Waals surface area contributed by atoms with Gasteiger partial charge in [-0.15, -0.1) is 11.3 Å². The van der Waals surface area contributed by atoms with Crippen molar-refractivity contribution in [3.8, 4) is 51.0 Å². The smallest absolute Gasteiger partial charge is 0.165 e. The lowest BCUT2D eigenvalue weighted by Crippen LogP contribution is -2.14. The molecule has 0 fully saturated rings. The van der Waals surface area contributed by atoms with Gasteiger partial charge in [-0.25, -0.2) is 15.0 Å². The van der Waals surface area contributed by atoms with Crippen molar-refractivity contribution in [2.45, 2.75) is 19.3 Å². The monoisotopic (exact) mass is 696 g/mol. The van der Waals surface area contributed by atoms with Crippen molar-refractivity contribution < 1.29 is 0 Å². The average molecular weight is 697 g/mol. The van der Waals surface area contributed by atoms with Crippen LogP contribution in [0, 0.1) is 0 Å². The molecule has 0 radical (unpaired) electrons. The normalized spacial score (nSPS) is 13.2. The molecule has 10 aromatic rings. The van der Waals surface area contributed by atoms with Gasteiger partial charge in [-0.2, -0.15) is 0 Å². The van der Waals surface area contributed by atoms with Crippen LogP contribution in [-0.2, 0) is 5.41 Å². The highest BCUT2D eigenvalue weighted by Crippen LogP contribution is 2.53. The summed E-state index contributed by atoms with van der Waals surface area (Å²) in [5.74, 6) is 2.01. The molecule has 0 saturated heterocycles. The molecule has 0 saturated carbocycles. The Morgan fingerprint density at radius 3 is 1.91 bits per heavy atom. The Balaban J connectivity index is 1.12. The summed E-state index contributed by atoms with van der Waals surface area (Å²) in [6.45, 7) is 4.71. The third-order valence-electron chi connectivity index (χ3n) is 11.1. The van der Waals surface area contributed by atoms with E-state index in [4.69, 9.17) is 15.0 Å². The van der Waals surface area contributed by atoms with Crippen molar-refractivity contribution in [3.63, 3.8) is 0 Å². The predicted molar refractivity (Wildman–Crippen MR) is 221 cm³/mol. The first-order chi connectivity index (χ1) is 26.0. The van der Waals surface area contributed by atoms with Crippen LogP contribution in [-0.4, -0.2) is 19.5 Å². The molecule has 0 unspecified atom stereocenters. The van der Waals surface area contributed by atoms with Crippen LogP contribution in [0.15, 0.2) is 158 Å². The summed E-state index contributed by atoms with van der Waals surface area (Å²) < 4.78 is 4.85. The Hall–Kier alpha value is -6.43. The van der Waals surface area contributed by atoms with Crippen LogP contribution in [0.4, 0.5) is 0 Å². The molecule has 5 heteroatoms. The molecule has 1 aliphatic carbocycles. The van der Waals surface area contributed by atoms with E-state index in [0.29, 0.717) is 17.5 Å². The van der Waals surface area contributed by atoms with Gasteiger partial charge in [0.15, 0.2) is 17.5 Å². The van der Waals surface area contributed by atoms with Gasteiger partial charge in [-0.1, -0.05) is 135 Å². The zero-order chi connectivity index (χ0) is 35.3. The zero-order valence-corrected chi connectivity index (χ0v) is 30.0. The van der Waals surface area contributed by atoms with Crippen LogP contribution in [0.3, 0.4) is 0 Å². The number of rotatable bonds is 4. The van der Waals surface area contributed by atoms with E-state index in [1.165, 1.54) is 64.2 Å². The summed E-state index contributed by atoms with van der Waals surface area (Å²) in [6.07, 6.45) is 0. The number of hydrogen-bond donors (Lipinski definition) is 0.